The van der Waals surface area contributed by atoms with Gasteiger partial charge in [-0.05, 0) is 30.1 Å². The van der Waals surface area contributed by atoms with E-state index in [0.29, 0.717) is 3.92 Å². The van der Waals surface area contributed by atoms with Crippen molar-refractivity contribution >= 4 is 22.6 Å². The largest absolute Gasteiger partial charge is 0.0813 e. The molecule has 78 valence electrons. The zero-order valence-corrected chi connectivity index (χ0v) is 11.4. The molecule has 5 unspecified atom stereocenters. The van der Waals surface area contributed by atoms with Gasteiger partial charge in [-0.2, -0.15) is 0 Å². The van der Waals surface area contributed by atoms with Crippen LogP contribution in [0.5, 0.6) is 0 Å². The van der Waals surface area contributed by atoms with Gasteiger partial charge in [0.1, 0.15) is 0 Å². The topological polar surface area (TPSA) is 0 Å². The van der Waals surface area contributed by atoms with Crippen molar-refractivity contribution in [2.24, 2.45) is 23.7 Å². The summed E-state index contributed by atoms with van der Waals surface area (Å²) in [6, 6.07) is 0. The molecule has 0 bridgehead atoms. The average molecular weight is 302 g/mol. The smallest absolute Gasteiger partial charge is 0.0352 e. The second-order valence-electron chi connectivity index (χ2n) is 4.96. The van der Waals surface area contributed by atoms with E-state index in [4.69, 9.17) is 0 Å². The van der Waals surface area contributed by atoms with Gasteiger partial charge in [-0.15, -0.1) is 0 Å². The molecule has 2 aliphatic carbocycles. The van der Waals surface area contributed by atoms with E-state index >= 15 is 0 Å². The molecule has 1 heteroatoms. The summed E-state index contributed by atoms with van der Waals surface area (Å²) >= 11 is 2.56. The molecule has 0 aromatic rings. The minimum atomic E-state index is 0.704. The molecular weight excluding hydrogens is 283 g/mol. The Morgan fingerprint density at radius 3 is 2.64 bits per heavy atom. The van der Waals surface area contributed by atoms with E-state index in [-0.39, 0.29) is 0 Å². The van der Waals surface area contributed by atoms with Crippen molar-refractivity contribution in [2.75, 3.05) is 0 Å². The minimum absolute atomic E-state index is 0.704. The average Bonchev–Trinajstić information content (AvgIpc) is 2.15. The molecule has 5 atom stereocenters. The van der Waals surface area contributed by atoms with Gasteiger partial charge in [-0.1, -0.05) is 67.2 Å². The molecule has 0 saturated heterocycles. The fourth-order valence-electron chi connectivity index (χ4n) is 2.61. The van der Waals surface area contributed by atoms with Crippen molar-refractivity contribution in [1.29, 1.82) is 0 Å². The van der Waals surface area contributed by atoms with Gasteiger partial charge >= 0.3 is 0 Å². The van der Waals surface area contributed by atoms with Gasteiger partial charge in [0.15, 0.2) is 0 Å². The summed E-state index contributed by atoms with van der Waals surface area (Å²) in [5, 5.41) is 0. The molecule has 0 aromatic carbocycles. The Bertz CT molecular complexity index is 277. The third kappa shape index (κ3) is 1.80. The van der Waals surface area contributed by atoms with Gasteiger partial charge in [0.05, 0.1) is 0 Å². The molecule has 0 heterocycles. The highest BCUT2D eigenvalue weighted by Gasteiger charge is 2.31. The second-order valence-corrected chi connectivity index (χ2v) is 6.40. The standard InChI is InChI=1S/C13H19I/c1-8-6-11-4-5-13(14)10(3)12(11)7-9(8)2/h4-5,7-11,13H,6H2,1-3H3. The molecule has 0 amide bonds. The molecule has 2 rings (SSSR count). The maximum atomic E-state index is 2.56. The fourth-order valence-corrected chi connectivity index (χ4v) is 3.27. The highest BCUT2D eigenvalue weighted by Crippen LogP contribution is 2.42. The Morgan fingerprint density at radius 1 is 1.21 bits per heavy atom. The van der Waals surface area contributed by atoms with Crippen LogP contribution in [0.2, 0.25) is 0 Å². The molecule has 2 aliphatic rings. The molecule has 0 aromatic heterocycles. The van der Waals surface area contributed by atoms with Crippen LogP contribution in [0.3, 0.4) is 0 Å². The fraction of sp³-hybridized carbons (Fsp3) is 0.692. The van der Waals surface area contributed by atoms with Gasteiger partial charge < -0.3 is 0 Å². The number of alkyl halides is 1. The van der Waals surface area contributed by atoms with Crippen LogP contribution in [0.25, 0.3) is 0 Å². The molecule has 0 aliphatic heterocycles. The quantitative estimate of drug-likeness (QED) is 0.357. The predicted octanol–water partition coefficient (Wildman–Crippen LogP) is 4.21. The lowest BCUT2D eigenvalue weighted by Gasteiger charge is -2.37. The van der Waals surface area contributed by atoms with E-state index in [1.54, 1.807) is 5.57 Å². The summed E-state index contributed by atoms with van der Waals surface area (Å²) in [6.07, 6.45) is 8.73. The number of fused-ring (bicyclic) bond motifs is 1. The third-order valence-electron chi connectivity index (χ3n) is 3.94. The van der Waals surface area contributed by atoms with Crippen LogP contribution >= 0.6 is 22.6 Å². The van der Waals surface area contributed by atoms with Crippen LogP contribution in [0.4, 0.5) is 0 Å². The van der Waals surface area contributed by atoms with Crippen molar-refractivity contribution in [2.45, 2.75) is 31.1 Å². The summed E-state index contributed by atoms with van der Waals surface area (Å²) in [5.74, 6) is 3.13. The van der Waals surface area contributed by atoms with Crippen molar-refractivity contribution in [1.82, 2.24) is 0 Å². The lowest BCUT2D eigenvalue weighted by Crippen LogP contribution is -2.28. The minimum Gasteiger partial charge on any atom is -0.0813 e. The molecule has 0 saturated carbocycles. The zero-order chi connectivity index (χ0) is 10.3. The Morgan fingerprint density at radius 2 is 1.93 bits per heavy atom. The van der Waals surface area contributed by atoms with Crippen molar-refractivity contribution in [3.05, 3.63) is 23.8 Å². The Balaban J connectivity index is 2.30. The molecular formula is C13H19I. The van der Waals surface area contributed by atoms with E-state index < -0.39 is 0 Å². The number of halogens is 1. The summed E-state index contributed by atoms with van der Waals surface area (Å²) < 4.78 is 0.704. The normalized spacial score (nSPS) is 47.1. The van der Waals surface area contributed by atoms with Crippen LogP contribution in [-0.4, -0.2) is 3.92 Å². The molecule has 0 N–H and O–H groups in total. The monoisotopic (exact) mass is 302 g/mol. The molecule has 14 heavy (non-hydrogen) atoms. The summed E-state index contributed by atoms with van der Waals surface area (Å²) in [7, 11) is 0. The van der Waals surface area contributed by atoms with Gasteiger partial charge in [0.25, 0.3) is 0 Å². The summed E-state index contributed by atoms with van der Waals surface area (Å²) in [6.45, 7) is 7.12. The van der Waals surface area contributed by atoms with Crippen LogP contribution in [0.15, 0.2) is 23.8 Å². The van der Waals surface area contributed by atoms with Crippen LogP contribution in [-0.2, 0) is 0 Å². The van der Waals surface area contributed by atoms with Gasteiger partial charge in [-0.3, -0.25) is 0 Å². The first kappa shape index (κ1) is 10.7. The lowest BCUT2D eigenvalue weighted by atomic mass is 9.70. The Hall–Kier alpha value is 0.210. The van der Waals surface area contributed by atoms with Crippen molar-refractivity contribution < 1.29 is 0 Å². The number of rotatable bonds is 0. The maximum Gasteiger partial charge on any atom is 0.0352 e. The molecule has 0 radical (unpaired) electrons. The number of allylic oxidation sites excluding steroid dienone is 4. The summed E-state index contributed by atoms with van der Waals surface area (Å²) in [5.41, 5.74) is 1.71. The van der Waals surface area contributed by atoms with Gasteiger partial charge in [0, 0.05) is 3.92 Å². The van der Waals surface area contributed by atoms with E-state index in [0.717, 1.165) is 23.7 Å². The van der Waals surface area contributed by atoms with Crippen LogP contribution < -0.4 is 0 Å². The first-order chi connectivity index (χ1) is 6.59. The first-order valence-electron chi connectivity index (χ1n) is 5.63. The van der Waals surface area contributed by atoms with Crippen LogP contribution in [0, 0.1) is 23.7 Å². The summed E-state index contributed by atoms with van der Waals surface area (Å²) in [4.78, 5) is 0. The molecule has 0 nitrogen and oxygen atoms in total. The SMILES string of the molecule is CC1C=C2C(C=CC(I)C2C)CC1C. The maximum absolute atomic E-state index is 2.56. The second kappa shape index (κ2) is 3.99. The van der Waals surface area contributed by atoms with Crippen LogP contribution in [0.1, 0.15) is 27.2 Å². The number of hydrogen-bond acceptors (Lipinski definition) is 0. The molecule has 0 fully saturated rings. The third-order valence-corrected chi connectivity index (χ3v) is 5.43. The zero-order valence-electron chi connectivity index (χ0n) is 9.20. The Labute approximate surface area is 101 Å². The van der Waals surface area contributed by atoms with Gasteiger partial charge in [0.2, 0.25) is 0 Å². The highest BCUT2D eigenvalue weighted by molar-refractivity contribution is 14.1. The van der Waals surface area contributed by atoms with Crippen molar-refractivity contribution in [3.8, 4) is 0 Å². The number of hydrogen-bond donors (Lipinski definition) is 0. The first-order valence-corrected chi connectivity index (χ1v) is 6.88. The van der Waals surface area contributed by atoms with E-state index in [9.17, 15) is 0 Å². The van der Waals surface area contributed by atoms with E-state index in [1.165, 1.54) is 6.42 Å². The van der Waals surface area contributed by atoms with Gasteiger partial charge in [-0.25, -0.2) is 0 Å². The molecule has 0 spiro atoms. The van der Waals surface area contributed by atoms with E-state index in [1.807, 2.05) is 0 Å². The van der Waals surface area contributed by atoms with Crippen molar-refractivity contribution in [3.63, 3.8) is 0 Å². The lowest BCUT2D eigenvalue weighted by molar-refractivity contribution is 0.345. The Kier molecular flexibility index (Phi) is 3.06. The predicted molar refractivity (Wildman–Crippen MR) is 70.6 cm³/mol. The highest BCUT2D eigenvalue weighted by atomic mass is 127. The van der Waals surface area contributed by atoms with E-state index in [2.05, 4.69) is 61.6 Å².